The molecule has 2 atom stereocenters. The monoisotopic (exact) mass is 460 g/mol. The summed E-state index contributed by atoms with van der Waals surface area (Å²) in [6, 6.07) is 20.2. The van der Waals surface area contributed by atoms with Gasteiger partial charge in [0.1, 0.15) is 11.5 Å². The van der Waals surface area contributed by atoms with Crippen LogP contribution in [-0.4, -0.2) is 50.3 Å². The standard InChI is InChI=1S/C26H22ClFN4O/c27-18-10-8-17(9-11-18)25-23(31-12-4-3-7-24(31)29-25)16-30-14-19-13-20(15-30)32(19)26(33)21-5-1-2-6-22(21)28/h1-12,19-20H,13-16H2. The Balaban J connectivity index is 1.26. The third-order valence-electron chi connectivity index (χ3n) is 6.73. The molecule has 0 aliphatic carbocycles. The molecule has 0 N–H and O–H groups in total. The zero-order chi connectivity index (χ0) is 22.5. The lowest BCUT2D eigenvalue weighted by Gasteiger charge is -2.56. The van der Waals surface area contributed by atoms with Gasteiger partial charge in [0.25, 0.3) is 5.91 Å². The van der Waals surface area contributed by atoms with Crippen LogP contribution in [0.15, 0.2) is 72.9 Å². The first-order chi connectivity index (χ1) is 16.1. The predicted molar refractivity (Wildman–Crippen MR) is 126 cm³/mol. The summed E-state index contributed by atoms with van der Waals surface area (Å²) in [4.78, 5) is 22.1. The Morgan fingerprint density at radius 2 is 1.73 bits per heavy atom. The van der Waals surface area contributed by atoms with Crippen LogP contribution >= 0.6 is 11.6 Å². The summed E-state index contributed by atoms with van der Waals surface area (Å²) in [7, 11) is 0. The Labute approximate surface area is 196 Å². The van der Waals surface area contributed by atoms with E-state index < -0.39 is 5.82 Å². The number of carbonyl (C=O) groups excluding carboxylic acids is 1. The van der Waals surface area contributed by atoms with E-state index in [1.165, 1.54) is 6.07 Å². The van der Waals surface area contributed by atoms with Crippen LogP contribution in [0.2, 0.25) is 5.02 Å². The van der Waals surface area contributed by atoms with E-state index in [4.69, 9.17) is 16.6 Å². The van der Waals surface area contributed by atoms with Crippen molar-refractivity contribution in [3.05, 3.63) is 95.0 Å². The van der Waals surface area contributed by atoms with E-state index in [0.717, 1.165) is 48.7 Å². The summed E-state index contributed by atoms with van der Waals surface area (Å²) in [6.45, 7) is 2.24. The van der Waals surface area contributed by atoms with Gasteiger partial charge in [-0.25, -0.2) is 9.37 Å². The normalized spacial score (nSPS) is 20.1. The number of fused-ring (bicyclic) bond motifs is 3. The molecular weight excluding hydrogens is 439 g/mol. The van der Waals surface area contributed by atoms with Gasteiger partial charge < -0.3 is 9.30 Å². The van der Waals surface area contributed by atoms with Crippen molar-refractivity contribution >= 4 is 23.2 Å². The molecule has 3 aliphatic heterocycles. The quantitative estimate of drug-likeness (QED) is 0.435. The molecule has 4 aromatic rings. The molecule has 2 unspecified atom stereocenters. The van der Waals surface area contributed by atoms with Gasteiger partial charge in [0, 0.05) is 48.5 Å². The Hall–Kier alpha value is -3.22. The summed E-state index contributed by atoms with van der Waals surface area (Å²) < 4.78 is 16.3. The predicted octanol–water partition coefficient (Wildman–Crippen LogP) is 4.89. The van der Waals surface area contributed by atoms with Crippen molar-refractivity contribution in [1.82, 2.24) is 19.2 Å². The number of amides is 1. The molecule has 7 heteroatoms. The minimum atomic E-state index is -0.456. The highest BCUT2D eigenvalue weighted by atomic mass is 35.5. The Kier molecular flexibility index (Phi) is 4.93. The van der Waals surface area contributed by atoms with Gasteiger partial charge in [-0.05, 0) is 42.8 Å². The van der Waals surface area contributed by atoms with Crippen LogP contribution < -0.4 is 0 Å². The number of rotatable bonds is 4. The molecule has 7 rings (SSSR count). The number of aromatic nitrogens is 2. The molecule has 0 radical (unpaired) electrons. The molecule has 2 aromatic carbocycles. The van der Waals surface area contributed by atoms with Crippen LogP contribution in [0.5, 0.6) is 0 Å². The molecule has 0 spiro atoms. The zero-order valence-corrected chi connectivity index (χ0v) is 18.6. The van der Waals surface area contributed by atoms with E-state index in [0.29, 0.717) is 5.02 Å². The number of piperazine rings is 1. The molecule has 3 aliphatic rings. The van der Waals surface area contributed by atoms with Gasteiger partial charge in [0.15, 0.2) is 0 Å². The van der Waals surface area contributed by atoms with Crippen molar-refractivity contribution in [3.63, 3.8) is 0 Å². The van der Waals surface area contributed by atoms with Gasteiger partial charge >= 0.3 is 0 Å². The highest BCUT2D eigenvalue weighted by Crippen LogP contribution is 2.36. The van der Waals surface area contributed by atoms with Crippen molar-refractivity contribution in [3.8, 4) is 11.3 Å². The van der Waals surface area contributed by atoms with E-state index in [2.05, 4.69) is 9.30 Å². The average molecular weight is 461 g/mol. The molecule has 2 aromatic heterocycles. The van der Waals surface area contributed by atoms with E-state index in [1.807, 2.05) is 53.6 Å². The number of benzene rings is 2. The number of imidazole rings is 1. The van der Waals surface area contributed by atoms with E-state index >= 15 is 0 Å². The summed E-state index contributed by atoms with van der Waals surface area (Å²) in [5.41, 5.74) is 4.14. The molecule has 166 valence electrons. The fourth-order valence-corrected chi connectivity index (χ4v) is 5.31. The van der Waals surface area contributed by atoms with Crippen molar-refractivity contribution < 1.29 is 9.18 Å². The third kappa shape index (κ3) is 3.50. The van der Waals surface area contributed by atoms with Crippen molar-refractivity contribution in [1.29, 1.82) is 0 Å². The Bertz CT molecular complexity index is 1340. The minimum Gasteiger partial charge on any atom is -0.330 e. The number of halogens is 2. The van der Waals surface area contributed by atoms with E-state index in [9.17, 15) is 9.18 Å². The number of piperidine rings is 1. The van der Waals surface area contributed by atoms with E-state index in [1.54, 1.807) is 18.2 Å². The molecule has 3 fully saturated rings. The SMILES string of the molecule is O=C(c1ccccc1F)N1C2CC1CN(Cc1c(-c3ccc(Cl)cc3)nc3ccccn13)C2. The van der Waals surface area contributed by atoms with E-state index in [-0.39, 0.29) is 23.6 Å². The summed E-state index contributed by atoms with van der Waals surface area (Å²) in [6.07, 6.45) is 3.00. The van der Waals surface area contributed by atoms with Gasteiger partial charge in [0.05, 0.1) is 17.0 Å². The first kappa shape index (κ1) is 20.4. The average Bonchev–Trinajstić information content (AvgIpc) is 3.18. The summed E-state index contributed by atoms with van der Waals surface area (Å²) >= 11 is 6.10. The second-order valence-electron chi connectivity index (χ2n) is 8.77. The van der Waals surface area contributed by atoms with Crippen molar-refractivity contribution in [2.45, 2.75) is 25.0 Å². The van der Waals surface area contributed by atoms with Crippen LogP contribution in [0.3, 0.4) is 0 Å². The Morgan fingerprint density at radius 3 is 2.48 bits per heavy atom. The van der Waals surface area contributed by atoms with Crippen LogP contribution in [0, 0.1) is 5.82 Å². The maximum atomic E-state index is 14.2. The molecule has 33 heavy (non-hydrogen) atoms. The molecule has 1 amide bonds. The maximum Gasteiger partial charge on any atom is 0.257 e. The second-order valence-corrected chi connectivity index (χ2v) is 9.21. The van der Waals surface area contributed by atoms with Gasteiger partial charge in [-0.2, -0.15) is 0 Å². The summed E-state index contributed by atoms with van der Waals surface area (Å²) in [5, 5.41) is 0.694. The fourth-order valence-electron chi connectivity index (χ4n) is 5.18. The van der Waals surface area contributed by atoms with Crippen molar-refractivity contribution in [2.24, 2.45) is 0 Å². The van der Waals surface area contributed by atoms with Crippen LogP contribution in [0.1, 0.15) is 22.5 Å². The molecule has 5 nitrogen and oxygen atoms in total. The number of carbonyl (C=O) groups is 1. The van der Waals surface area contributed by atoms with Gasteiger partial charge in [-0.1, -0.05) is 41.9 Å². The topological polar surface area (TPSA) is 40.9 Å². The number of hydrogen-bond acceptors (Lipinski definition) is 3. The highest BCUT2D eigenvalue weighted by Gasteiger charge is 2.47. The van der Waals surface area contributed by atoms with Crippen molar-refractivity contribution in [2.75, 3.05) is 13.1 Å². The Morgan fingerprint density at radius 1 is 1.00 bits per heavy atom. The minimum absolute atomic E-state index is 0.106. The lowest BCUT2D eigenvalue weighted by atomic mass is 9.86. The smallest absolute Gasteiger partial charge is 0.257 e. The maximum absolute atomic E-state index is 14.2. The van der Waals surface area contributed by atoms with Crippen LogP contribution in [0.4, 0.5) is 4.39 Å². The van der Waals surface area contributed by atoms with Gasteiger partial charge in [-0.3, -0.25) is 9.69 Å². The van der Waals surface area contributed by atoms with Gasteiger partial charge in [-0.15, -0.1) is 0 Å². The first-order valence-electron chi connectivity index (χ1n) is 11.1. The number of pyridine rings is 1. The molecule has 0 saturated carbocycles. The lowest BCUT2D eigenvalue weighted by molar-refractivity contribution is -0.0505. The van der Waals surface area contributed by atoms with Crippen LogP contribution in [0.25, 0.3) is 16.9 Å². The zero-order valence-electron chi connectivity index (χ0n) is 17.9. The number of nitrogens with zero attached hydrogens (tertiary/aromatic N) is 4. The molecular formula is C26H22ClFN4O. The molecule has 3 saturated heterocycles. The largest absolute Gasteiger partial charge is 0.330 e. The molecule has 5 heterocycles. The van der Waals surface area contributed by atoms with Gasteiger partial charge in [0.2, 0.25) is 0 Å². The highest BCUT2D eigenvalue weighted by molar-refractivity contribution is 6.30. The lowest BCUT2D eigenvalue weighted by Crippen LogP contribution is -2.69. The first-order valence-corrected chi connectivity index (χ1v) is 11.5. The second kappa shape index (κ2) is 7.97. The third-order valence-corrected chi connectivity index (χ3v) is 6.98. The number of hydrogen-bond donors (Lipinski definition) is 0. The van der Waals surface area contributed by atoms with Crippen LogP contribution in [-0.2, 0) is 6.54 Å². The summed E-state index contributed by atoms with van der Waals surface area (Å²) in [5.74, 6) is -0.659. The fraction of sp³-hybridized carbons (Fsp3) is 0.231. The molecule has 2 bridgehead atoms.